The molecule has 150 valence electrons. The summed E-state index contributed by atoms with van der Waals surface area (Å²) in [5.74, 6) is -0.943. The van der Waals surface area contributed by atoms with Crippen LogP contribution < -0.4 is 10.9 Å². The van der Waals surface area contributed by atoms with Crippen LogP contribution in [-0.2, 0) is 9.53 Å². The van der Waals surface area contributed by atoms with E-state index in [-0.39, 0.29) is 23.1 Å². The first-order valence-corrected chi connectivity index (χ1v) is 9.65. The molecule has 29 heavy (non-hydrogen) atoms. The number of rotatable bonds is 7. The zero-order valence-electron chi connectivity index (χ0n) is 16.5. The van der Waals surface area contributed by atoms with Gasteiger partial charge in [-0.15, -0.1) is 0 Å². The van der Waals surface area contributed by atoms with Crippen LogP contribution in [0.2, 0.25) is 0 Å². The molecule has 6 heteroatoms. The van der Waals surface area contributed by atoms with Crippen molar-refractivity contribution in [2.45, 2.75) is 32.3 Å². The largest absolute Gasteiger partial charge is 0.448 e. The van der Waals surface area contributed by atoms with E-state index in [0.29, 0.717) is 17.3 Å². The van der Waals surface area contributed by atoms with Gasteiger partial charge >= 0.3 is 5.97 Å². The second kappa shape index (κ2) is 9.19. The van der Waals surface area contributed by atoms with Gasteiger partial charge in [0.05, 0.1) is 0 Å². The van der Waals surface area contributed by atoms with Gasteiger partial charge in [-0.25, -0.2) is 4.79 Å². The Morgan fingerprint density at radius 2 is 1.76 bits per heavy atom. The molecule has 0 aliphatic heterocycles. The Bertz CT molecular complexity index is 1060. The zero-order valence-corrected chi connectivity index (χ0v) is 16.5. The fourth-order valence-electron chi connectivity index (χ4n) is 3.19. The van der Waals surface area contributed by atoms with E-state index in [2.05, 4.69) is 17.2 Å². The average molecular weight is 392 g/mol. The van der Waals surface area contributed by atoms with Crippen molar-refractivity contribution in [2.75, 3.05) is 6.54 Å². The maximum atomic E-state index is 12.4. The predicted molar refractivity (Wildman–Crippen MR) is 112 cm³/mol. The molecule has 1 amide bonds. The van der Waals surface area contributed by atoms with Gasteiger partial charge < -0.3 is 15.0 Å². The molecule has 0 radical (unpaired) electrons. The van der Waals surface area contributed by atoms with Crippen molar-refractivity contribution in [2.24, 2.45) is 0 Å². The number of fused-ring (bicyclic) bond motifs is 1. The molecule has 3 aromatic rings. The quantitative estimate of drug-likeness (QED) is 0.604. The fraction of sp³-hybridized carbons (Fsp3) is 0.261. The van der Waals surface area contributed by atoms with Gasteiger partial charge in [-0.1, -0.05) is 55.5 Å². The number of H-pyrrole nitrogens is 1. The van der Waals surface area contributed by atoms with E-state index in [9.17, 15) is 14.4 Å². The molecule has 1 heterocycles. The Morgan fingerprint density at radius 1 is 1.07 bits per heavy atom. The number of esters is 1. The lowest BCUT2D eigenvalue weighted by molar-refractivity contribution is -0.129. The van der Waals surface area contributed by atoms with Gasteiger partial charge in [0.25, 0.3) is 11.5 Å². The summed E-state index contributed by atoms with van der Waals surface area (Å²) in [5, 5.41) is 3.96. The van der Waals surface area contributed by atoms with E-state index in [1.807, 2.05) is 30.3 Å². The van der Waals surface area contributed by atoms with Crippen LogP contribution in [0.3, 0.4) is 0 Å². The lowest BCUT2D eigenvalue weighted by Gasteiger charge is -2.18. The lowest BCUT2D eigenvalue weighted by atomic mass is 9.96. The molecular formula is C23H24N2O4. The molecule has 0 saturated heterocycles. The number of carbonyl (C=O) groups excluding carboxylic acids is 2. The summed E-state index contributed by atoms with van der Waals surface area (Å²) in [6.45, 7) is 4.02. The van der Waals surface area contributed by atoms with Crippen molar-refractivity contribution in [1.29, 1.82) is 0 Å². The summed E-state index contributed by atoms with van der Waals surface area (Å²) in [4.78, 5) is 39.4. The van der Waals surface area contributed by atoms with Crippen molar-refractivity contribution in [3.8, 4) is 0 Å². The standard InChI is InChI=1S/C23H24N2O4/c1-3-16(17-9-5-4-6-10-17)14-24-21(26)15(2)29-23(28)20-13-18-11-7-8-12-19(18)22(27)25-20/h4-13,15-16H,3,14H2,1-2H3,(H,24,26)(H,25,27)/t15-,16+/m1/s1. The van der Waals surface area contributed by atoms with Crippen LogP contribution in [0.5, 0.6) is 0 Å². The molecular weight excluding hydrogens is 368 g/mol. The van der Waals surface area contributed by atoms with Gasteiger partial charge in [0.2, 0.25) is 0 Å². The molecule has 2 atom stereocenters. The SMILES string of the molecule is CC[C@@H](CNC(=O)[C@@H](C)OC(=O)c1cc2ccccc2c(=O)[nH]1)c1ccccc1. The van der Waals surface area contributed by atoms with E-state index < -0.39 is 12.1 Å². The Labute approximate surface area is 168 Å². The van der Waals surface area contributed by atoms with Gasteiger partial charge in [0, 0.05) is 17.8 Å². The number of carbonyl (C=O) groups is 2. The predicted octanol–water partition coefficient (Wildman–Crippen LogP) is 3.38. The van der Waals surface area contributed by atoms with Crippen molar-refractivity contribution in [1.82, 2.24) is 10.3 Å². The van der Waals surface area contributed by atoms with Gasteiger partial charge in [-0.3, -0.25) is 9.59 Å². The number of ether oxygens (including phenoxy) is 1. The van der Waals surface area contributed by atoms with E-state index >= 15 is 0 Å². The Hall–Kier alpha value is -3.41. The molecule has 2 N–H and O–H groups in total. The number of aromatic amines is 1. The maximum absolute atomic E-state index is 12.4. The van der Waals surface area contributed by atoms with E-state index in [0.717, 1.165) is 12.0 Å². The number of nitrogens with one attached hydrogen (secondary N) is 2. The first kappa shape index (κ1) is 20.3. The summed E-state index contributed by atoms with van der Waals surface area (Å²) in [6.07, 6.45) is -0.109. The first-order valence-electron chi connectivity index (χ1n) is 9.65. The van der Waals surface area contributed by atoms with Crippen LogP contribution >= 0.6 is 0 Å². The highest BCUT2D eigenvalue weighted by Gasteiger charge is 2.21. The zero-order chi connectivity index (χ0) is 20.8. The molecule has 2 aromatic carbocycles. The van der Waals surface area contributed by atoms with Gasteiger partial charge in [-0.05, 0) is 36.4 Å². The number of hydrogen-bond donors (Lipinski definition) is 2. The van der Waals surface area contributed by atoms with E-state index in [4.69, 9.17) is 4.74 Å². The third kappa shape index (κ3) is 4.90. The van der Waals surface area contributed by atoms with Crippen molar-refractivity contribution in [3.05, 3.63) is 82.3 Å². The lowest BCUT2D eigenvalue weighted by Crippen LogP contribution is -2.38. The molecule has 0 unspecified atom stereocenters. The maximum Gasteiger partial charge on any atom is 0.355 e. The third-order valence-corrected chi connectivity index (χ3v) is 4.91. The molecule has 0 spiro atoms. The number of benzene rings is 2. The summed E-state index contributed by atoms with van der Waals surface area (Å²) in [5.41, 5.74) is 0.790. The Balaban J connectivity index is 1.62. The number of amides is 1. The van der Waals surface area contributed by atoms with Crippen molar-refractivity contribution in [3.63, 3.8) is 0 Å². The number of hydrogen-bond acceptors (Lipinski definition) is 4. The molecule has 0 aliphatic carbocycles. The molecule has 0 saturated carbocycles. The van der Waals surface area contributed by atoms with Gasteiger partial charge in [0.1, 0.15) is 5.69 Å². The second-order valence-corrected chi connectivity index (χ2v) is 6.91. The van der Waals surface area contributed by atoms with Gasteiger partial charge in [0.15, 0.2) is 6.10 Å². The molecule has 0 bridgehead atoms. The van der Waals surface area contributed by atoms with Crippen LogP contribution in [0.1, 0.15) is 42.2 Å². The highest BCUT2D eigenvalue weighted by molar-refractivity contribution is 5.94. The van der Waals surface area contributed by atoms with Crippen molar-refractivity contribution < 1.29 is 14.3 Å². The van der Waals surface area contributed by atoms with Crippen LogP contribution in [-0.4, -0.2) is 29.5 Å². The topological polar surface area (TPSA) is 88.3 Å². The normalized spacial score (nSPS) is 12.9. The Morgan fingerprint density at radius 3 is 2.48 bits per heavy atom. The van der Waals surface area contributed by atoms with Crippen LogP contribution in [0, 0.1) is 0 Å². The second-order valence-electron chi connectivity index (χ2n) is 6.91. The molecule has 0 aliphatic rings. The van der Waals surface area contributed by atoms with Crippen LogP contribution in [0.25, 0.3) is 10.8 Å². The van der Waals surface area contributed by atoms with E-state index in [1.54, 1.807) is 30.3 Å². The van der Waals surface area contributed by atoms with Crippen molar-refractivity contribution >= 4 is 22.6 Å². The minimum Gasteiger partial charge on any atom is -0.448 e. The fourth-order valence-corrected chi connectivity index (χ4v) is 3.19. The van der Waals surface area contributed by atoms with Crippen LogP contribution in [0.15, 0.2) is 65.5 Å². The van der Waals surface area contributed by atoms with Crippen LogP contribution in [0.4, 0.5) is 0 Å². The monoisotopic (exact) mass is 392 g/mol. The molecule has 1 aromatic heterocycles. The average Bonchev–Trinajstić information content (AvgIpc) is 2.74. The van der Waals surface area contributed by atoms with E-state index in [1.165, 1.54) is 6.92 Å². The third-order valence-electron chi connectivity index (χ3n) is 4.91. The smallest absolute Gasteiger partial charge is 0.355 e. The highest BCUT2D eigenvalue weighted by Crippen LogP contribution is 2.18. The summed E-state index contributed by atoms with van der Waals surface area (Å²) >= 11 is 0. The number of pyridine rings is 1. The highest BCUT2D eigenvalue weighted by atomic mass is 16.5. The summed E-state index contributed by atoms with van der Waals surface area (Å²) in [6, 6.07) is 18.4. The summed E-state index contributed by atoms with van der Waals surface area (Å²) < 4.78 is 5.25. The Kier molecular flexibility index (Phi) is 6.44. The minimum atomic E-state index is -0.981. The summed E-state index contributed by atoms with van der Waals surface area (Å²) in [7, 11) is 0. The molecule has 3 rings (SSSR count). The molecule has 6 nitrogen and oxygen atoms in total. The van der Waals surface area contributed by atoms with Gasteiger partial charge in [-0.2, -0.15) is 0 Å². The minimum absolute atomic E-state index is 0.0177. The molecule has 0 fully saturated rings. The number of aromatic nitrogens is 1. The first-order chi connectivity index (χ1) is 14.0.